The summed E-state index contributed by atoms with van der Waals surface area (Å²) in [5.74, 6) is 0.410. The molecule has 2 N–H and O–H groups in total. The SMILES string of the molecule is Cc1cc(CN)c(=O)n(CC(C)C)n1. The van der Waals surface area contributed by atoms with Crippen molar-refractivity contribution in [3.8, 4) is 0 Å². The lowest BCUT2D eigenvalue weighted by Crippen LogP contribution is -2.29. The number of aryl methyl sites for hydroxylation is 1. The Morgan fingerprint density at radius 3 is 2.71 bits per heavy atom. The van der Waals surface area contributed by atoms with Gasteiger partial charge in [0.15, 0.2) is 0 Å². The van der Waals surface area contributed by atoms with Crippen LogP contribution in [0.25, 0.3) is 0 Å². The molecule has 0 spiro atoms. The average Bonchev–Trinajstić information content (AvgIpc) is 2.09. The molecule has 14 heavy (non-hydrogen) atoms. The molecule has 0 aliphatic heterocycles. The number of hydrogen-bond acceptors (Lipinski definition) is 3. The quantitative estimate of drug-likeness (QED) is 0.771. The van der Waals surface area contributed by atoms with Gasteiger partial charge in [0.25, 0.3) is 5.56 Å². The lowest BCUT2D eigenvalue weighted by atomic mass is 10.2. The van der Waals surface area contributed by atoms with Gasteiger partial charge in [-0.2, -0.15) is 5.10 Å². The summed E-state index contributed by atoms with van der Waals surface area (Å²) in [4.78, 5) is 11.7. The minimum absolute atomic E-state index is 0.0631. The molecule has 0 aromatic carbocycles. The van der Waals surface area contributed by atoms with Crippen LogP contribution in [0.15, 0.2) is 10.9 Å². The molecule has 4 nitrogen and oxygen atoms in total. The molecule has 0 aliphatic rings. The van der Waals surface area contributed by atoms with E-state index in [-0.39, 0.29) is 12.1 Å². The van der Waals surface area contributed by atoms with Crippen molar-refractivity contribution < 1.29 is 0 Å². The summed E-state index contributed by atoms with van der Waals surface area (Å²) in [6.07, 6.45) is 0. The van der Waals surface area contributed by atoms with Crippen molar-refractivity contribution >= 4 is 0 Å². The van der Waals surface area contributed by atoms with E-state index in [1.54, 1.807) is 6.07 Å². The lowest BCUT2D eigenvalue weighted by molar-refractivity contribution is 0.457. The second-order valence-electron chi connectivity index (χ2n) is 3.90. The molecule has 0 atom stereocenters. The number of nitrogens with zero attached hydrogens (tertiary/aromatic N) is 2. The number of aromatic nitrogens is 2. The van der Waals surface area contributed by atoms with Crippen molar-refractivity contribution in [2.24, 2.45) is 11.7 Å². The Bertz CT molecular complexity index is 368. The highest BCUT2D eigenvalue weighted by molar-refractivity contribution is 5.12. The molecule has 0 aliphatic carbocycles. The molecule has 4 heteroatoms. The predicted octanol–water partition coefficient (Wildman–Crippen LogP) is 0.666. The van der Waals surface area contributed by atoms with Crippen LogP contribution in [0.1, 0.15) is 25.1 Å². The monoisotopic (exact) mass is 195 g/mol. The zero-order chi connectivity index (χ0) is 10.7. The van der Waals surface area contributed by atoms with Gasteiger partial charge in [0.05, 0.1) is 5.69 Å². The largest absolute Gasteiger partial charge is 0.326 e. The maximum absolute atomic E-state index is 11.7. The molecular formula is C10H17N3O. The Morgan fingerprint density at radius 2 is 2.21 bits per heavy atom. The molecule has 0 unspecified atom stereocenters. The van der Waals surface area contributed by atoms with Crippen LogP contribution in [0.5, 0.6) is 0 Å². The maximum atomic E-state index is 11.7. The molecule has 0 saturated heterocycles. The van der Waals surface area contributed by atoms with E-state index in [0.717, 1.165) is 5.69 Å². The summed E-state index contributed by atoms with van der Waals surface area (Å²) in [6.45, 7) is 6.90. The van der Waals surface area contributed by atoms with Gasteiger partial charge in [-0.25, -0.2) is 4.68 Å². The summed E-state index contributed by atoms with van der Waals surface area (Å²) in [7, 11) is 0. The molecule has 1 heterocycles. The van der Waals surface area contributed by atoms with Crippen LogP contribution in [0.3, 0.4) is 0 Å². The molecule has 78 valence electrons. The van der Waals surface area contributed by atoms with E-state index in [0.29, 0.717) is 18.0 Å². The summed E-state index contributed by atoms with van der Waals surface area (Å²) in [6, 6.07) is 1.75. The van der Waals surface area contributed by atoms with Crippen LogP contribution in [0.4, 0.5) is 0 Å². The van der Waals surface area contributed by atoms with E-state index in [9.17, 15) is 4.79 Å². The third-order valence-electron chi connectivity index (χ3n) is 1.93. The van der Waals surface area contributed by atoms with E-state index >= 15 is 0 Å². The second kappa shape index (κ2) is 4.37. The Labute approximate surface area is 83.7 Å². The zero-order valence-electron chi connectivity index (χ0n) is 8.95. The van der Waals surface area contributed by atoms with Crippen molar-refractivity contribution in [1.29, 1.82) is 0 Å². The standard InChI is InChI=1S/C10H17N3O/c1-7(2)6-13-10(14)9(5-11)4-8(3)12-13/h4,7H,5-6,11H2,1-3H3. The van der Waals surface area contributed by atoms with Crippen LogP contribution in [0, 0.1) is 12.8 Å². The molecule has 1 aromatic heterocycles. The first-order chi connectivity index (χ1) is 6.54. The van der Waals surface area contributed by atoms with Crippen LogP contribution in [-0.4, -0.2) is 9.78 Å². The van der Waals surface area contributed by atoms with Crippen LogP contribution in [-0.2, 0) is 13.1 Å². The van der Waals surface area contributed by atoms with Gasteiger partial charge in [0.1, 0.15) is 0 Å². The zero-order valence-corrected chi connectivity index (χ0v) is 8.95. The minimum Gasteiger partial charge on any atom is -0.326 e. The molecule has 1 aromatic rings. The van der Waals surface area contributed by atoms with Crippen molar-refractivity contribution in [1.82, 2.24) is 9.78 Å². The van der Waals surface area contributed by atoms with E-state index in [1.807, 2.05) is 6.92 Å². The minimum atomic E-state index is -0.0631. The molecule has 1 rings (SSSR count). The van der Waals surface area contributed by atoms with Crippen LogP contribution in [0.2, 0.25) is 0 Å². The van der Waals surface area contributed by atoms with Gasteiger partial charge in [0.2, 0.25) is 0 Å². The highest BCUT2D eigenvalue weighted by Gasteiger charge is 2.06. The van der Waals surface area contributed by atoms with Crippen LogP contribution >= 0.6 is 0 Å². The first-order valence-electron chi connectivity index (χ1n) is 4.82. The van der Waals surface area contributed by atoms with Crippen molar-refractivity contribution in [3.05, 3.63) is 27.7 Å². The third-order valence-corrected chi connectivity index (χ3v) is 1.93. The predicted molar refractivity (Wildman–Crippen MR) is 56.0 cm³/mol. The van der Waals surface area contributed by atoms with Crippen molar-refractivity contribution in [2.45, 2.75) is 33.9 Å². The van der Waals surface area contributed by atoms with Gasteiger partial charge in [-0.3, -0.25) is 4.79 Å². The normalized spacial score (nSPS) is 10.9. The van der Waals surface area contributed by atoms with E-state index in [2.05, 4.69) is 18.9 Å². The topological polar surface area (TPSA) is 60.9 Å². The average molecular weight is 195 g/mol. The highest BCUT2D eigenvalue weighted by Crippen LogP contribution is 1.98. The molecule has 0 saturated carbocycles. The Kier molecular flexibility index (Phi) is 3.41. The fourth-order valence-corrected chi connectivity index (χ4v) is 1.36. The number of nitrogens with two attached hydrogens (primary N) is 1. The van der Waals surface area contributed by atoms with Crippen LogP contribution < -0.4 is 11.3 Å². The van der Waals surface area contributed by atoms with Gasteiger partial charge in [-0.15, -0.1) is 0 Å². The van der Waals surface area contributed by atoms with E-state index in [1.165, 1.54) is 4.68 Å². The Balaban J connectivity index is 3.16. The van der Waals surface area contributed by atoms with E-state index in [4.69, 9.17) is 5.73 Å². The maximum Gasteiger partial charge on any atom is 0.271 e. The molecule has 0 radical (unpaired) electrons. The van der Waals surface area contributed by atoms with Gasteiger partial charge >= 0.3 is 0 Å². The summed E-state index contributed by atoms with van der Waals surface area (Å²) in [5.41, 5.74) is 6.89. The number of rotatable bonds is 3. The first-order valence-corrected chi connectivity index (χ1v) is 4.82. The van der Waals surface area contributed by atoms with Crippen molar-refractivity contribution in [2.75, 3.05) is 0 Å². The third kappa shape index (κ3) is 2.42. The smallest absolute Gasteiger partial charge is 0.271 e. The Morgan fingerprint density at radius 1 is 1.57 bits per heavy atom. The molecule has 0 amide bonds. The Hall–Kier alpha value is -1.16. The molecule has 0 fully saturated rings. The van der Waals surface area contributed by atoms with E-state index < -0.39 is 0 Å². The molecular weight excluding hydrogens is 178 g/mol. The lowest BCUT2D eigenvalue weighted by Gasteiger charge is -2.09. The summed E-state index contributed by atoms with van der Waals surface area (Å²) in [5, 5.41) is 4.17. The summed E-state index contributed by atoms with van der Waals surface area (Å²) >= 11 is 0. The van der Waals surface area contributed by atoms with Gasteiger partial charge in [-0.1, -0.05) is 13.8 Å². The number of hydrogen-bond donors (Lipinski definition) is 1. The van der Waals surface area contributed by atoms with Gasteiger partial charge < -0.3 is 5.73 Å². The highest BCUT2D eigenvalue weighted by atomic mass is 16.1. The van der Waals surface area contributed by atoms with Crippen molar-refractivity contribution in [3.63, 3.8) is 0 Å². The first kappa shape index (κ1) is 10.9. The second-order valence-corrected chi connectivity index (χ2v) is 3.90. The summed E-state index contributed by atoms with van der Waals surface area (Å²) < 4.78 is 1.50. The van der Waals surface area contributed by atoms with Gasteiger partial charge in [-0.05, 0) is 18.9 Å². The van der Waals surface area contributed by atoms with Gasteiger partial charge in [0, 0.05) is 18.7 Å². The fourth-order valence-electron chi connectivity index (χ4n) is 1.36. The molecule has 0 bridgehead atoms. The fraction of sp³-hybridized carbons (Fsp3) is 0.600.